The maximum Gasteiger partial charge on any atom is 0.305 e. The molecule has 1 aliphatic rings. The summed E-state index contributed by atoms with van der Waals surface area (Å²) < 4.78 is 6.62. The van der Waals surface area contributed by atoms with Crippen molar-refractivity contribution in [2.24, 2.45) is 12.0 Å². The standard InChI is InChI=1S/C19H32N6O3/c1-4-28-18(27)9-7-5-6-8-10-21-19(20-2)24-11-12-25(17(26)15-24)16-13-22-23(3)14-16/h13-14H,4-12,15H2,1-3H3,(H,20,21). The second-order valence-corrected chi connectivity index (χ2v) is 6.78. The number of rotatable bonds is 9. The van der Waals surface area contributed by atoms with E-state index in [1.54, 1.807) is 22.8 Å². The van der Waals surface area contributed by atoms with E-state index in [0.29, 0.717) is 26.1 Å². The highest BCUT2D eigenvalue weighted by Crippen LogP contribution is 2.16. The van der Waals surface area contributed by atoms with E-state index in [1.807, 2.05) is 25.1 Å². The van der Waals surface area contributed by atoms with Gasteiger partial charge in [0.25, 0.3) is 0 Å². The fourth-order valence-corrected chi connectivity index (χ4v) is 3.19. The lowest BCUT2D eigenvalue weighted by Gasteiger charge is -2.35. The van der Waals surface area contributed by atoms with Gasteiger partial charge in [-0.3, -0.25) is 19.3 Å². The topological polar surface area (TPSA) is 92.1 Å². The molecule has 0 aliphatic carbocycles. The van der Waals surface area contributed by atoms with E-state index in [-0.39, 0.29) is 11.9 Å². The number of nitrogens with one attached hydrogen (secondary N) is 1. The van der Waals surface area contributed by atoms with Crippen LogP contribution in [0, 0.1) is 0 Å². The number of piperazine rings is 1. The van der Waals surface area contributed by atoms with E-state index in [1.165, 1.54) is 0 Å². The minimum atomic E-state index is -0.115. The van der Waals surface area contributed by atoms with Crippen LogP contribution in [-0.2, 0) is 21.4 Å². The highest BCUT2D eigenvalue weighted by molar-refractivity contribution is 5.98. The predicted octanol–water partition coefficient (Wildman–Crippen LogP) is 1.16. The van der Waals surface area contributed by atoms with Gasteiger partial charge in [0.05, 0.1) is 18.5 Å². The van der Waals surface area contributed by atoms with Crippen molar-refractivity contribution >= 4 is 23.5 Å². The quantitative estimate of drug-likeness (QED) is 0.293. The maximum absolute atomic E-state index is 12.5. The summed E-state index contributed by atoms with van der Waals surface area (Å²) in [5.41, 5.74) is 0.831. The largest absolute Gasteiger partial charge is 0.466 e. The Hall–Kier alpha value is -2.58. The SMILES string of the molecule is CCOC(=O)CCCCCCNC(=NC)N1CCN(c2cnn(C)c2)C(=O)C1. The molecule has 1 aromatic heterocycles. The number of carbonyl (C=O) groups is 2. The van der Waals surface area contributed by atoms with Crippen LogP contribution < -0.4 is 10.2 Å². The summed E-state index contributed by atoms with van der Waals surface area (Å²) in [4.78, 5) is 31.9. The van der Waals surface area contributed by atoms with Crippen molar-refractivity contribution in [3.05, 3.63) is 12.4 Å². The summed E-state index contributed by atoms with van der Waals surface area (Å²) in [6.07, 6.45) is 7.94. The van der Waals surface area contributed by atoms with Crippen LogP contribution >= 0.6 is 0 Å². The second-order valence-electron chi connectivity index (χ2n) is 6.78. The molecule has 0 bridgehead atoms. The predicted molar refractivity (Wildman–Crippen MR) is 108 cm³/mol. The van der Waals surface area contributed by atoms with Crippen molar-refractivity contribution in [2.45, 2.75) is 39.0 Å². The molecule has 1 fully saturated rings. The van der Waals surface area contributed by atoms with Crippen LogP contribution in [0.25, 0.3) is 0 Å². The monoisotopic (exact) mass is 392 g/mol. The Kier molecular flexibility index (Phi) is 8.77. The Balaban J connectivity index is 1.66. The van der Waals surface area contributed by atoms with Crippen LogP contribution in [0.4, 0.5) is 5.69 Å². The van der Waals surface area contributed by atoms with Gasteiger partial charge in [0.2, 0.25) is 5.91 Å². The lowest BCUT2D eigenvalue weighted by molar-refractivity contribution is -0.143. The van der Waals surface area contributed by atoms with Crippen molar-refractivity contribution in [1.29, 1.82) is 0 Å². The first kappa shape index (κ1) is 21.7. The molecule has 9 heteroatoms. The summed E-state index contributed by atoms with van der Waals surface area (Å²) in [7, 11) is 3.58. The number of carbonyl (C=O) groups excluding carboxylic acids is 2. The zero-order chi connectivity index (χ0) is 20.4. The number of aliphatic imine (C=N–C) groups is 1. The number of ether oxygens (including phenoxy) is 1. The smallest absolute Gasteiger partial charge is 0.305 e. The maximum atomic E-state index is 12.5. The first-order valence-electron chi connectivity index (χ1n) is 9.95. The third kappa shape index (κ3) is 6.54. The average molecular weight is 393 g/mol. The summed E-state index contributed by atoms with van der Waals surface area (Å²) in [5, 5.41) is 7.47. The highest BCUT2D eigenvalue weighted by Gasteiger charge is 2.27. The van der Waals surface area contributed by atoms with Gasteiger partial charge in [-0.2, -0.15) is 5.10 Å². The Morgan fingerprint density at radius 3 is 2.71 bits per heavy atom. The van der Waals surface area contributed by atoms with Gasteiger partial charge in [-0.25, -0.2) is 0 Å². The van der Waals surface area contributed by atoms with Gasteiger partial charge in [0.15, 0.2) is 5.96 Å². The van der Waals surface area contributed by atoms with Crippen LogP contribution in [0.2, 0.25) is 0 Å². The number of amides is 1. The summed E-state index contributed by atoms with van der Waals surface area (Å²) in [6, 6.07) is 0. The highest BCUT2D eigenvalue weighted by atomic mass is 16.5. The average Bonchev–Trinajstić information content (AvgIpc) is 3.10. The zero-order valence-electron chi connectivity index (χ0n) is 17.2. The first-order chi connectivity index (χ1) is 13.5. The molecule has 0 radical (unpaired) electrons. The van der Waals surface area contributed by atoms with E-state index in [4.69, 9.17) is 4.74 Å². The molecule has 1 aromatic rings. The Morgan fingerprint density at radius 2 is 2.07 bits per heavy atom. The molecule has 1 saturated heterocycles. The minimum Gasteiger partial charge on any atom is -0.466 e. The zero-order valence-corrected chi connectivity index (χ0v) is 17.2. The van der Waals surface area contributed by atoms with Gasteiger partial charge in [0.1, 0.15) is 6.54 Å². The summed E-state index contributed by atoms with van der Waals surface area (Å²) >= 11 is 0. The number of aryl methyl sites for hydroxylation is 1. The van der Waals surface area contributed by atoms with E-state index in [0.717, 1.165) is 50.4 Å². The third-order valence-corrected chi connectivity index (χ3v) is 4.63. The van der Waals surface area contributed by atoms with Crippen LogP contribution in [0.15, 0.2) is 17.4 Å². The first-order valence-corrected chi connectivity index (χ1v) is 9.95. The molecule has 0 spiro atoms. The number of aromatic nitrogens is 2. The number of anilines is 1. The van der Waals surface area contributed by atoms with Gasteiger partial charge in [-0.05, 0) is 19.8 Å². The number of hydrogen-bond donors (Lipinski definition) is 1. The van der Waals surface area contributed by atoms with Crippen molar-refractivity contribution in [2.75, 3.05) is 44.7 Å². The van der Waals surface area contributed by atoms with E-state index in [2.05, 4.69) is 15.4 Å². The molecular formula is C19H32N6O3. The number of guanidine groups is 1. The molecule has 2 rings (SSSR count). The van der Waals surface area contributed by atoms with Gasteiger partial charge in [-0.1, -0.05) is 12.8 Å². The van der Waals surface area contributed by atoms with Crippen molar-refractivity contribution < 1.29 is 14.3 Å². The Bertz CT molecular complexity index is 672. The van der Waals surface area contributed by atoms with Gasteiger partial charge >= 0.3 is 5.97 Å². The molecule has 9 nitrogen and oxygen atoms in total. The fraction of sp³-hybridized carbons (Fsp3) is 0.684. The summed E-state index contributed by atoms with van der Waals surface area (Å²) in [5.74, 6) is 0.683. The van der Waals surface area contributed by atoms with Gasteiger partial charge < -0.3 is 19.9 Å². The molecule has 1 aliphatic heterocycles. The number of nitrogens with zero attached hydrogens (tertiary/aromatic N) is 5. The van der Waals surface area contributed by atoms with E-state index in [9.17, 15) is 9.59 Å². The molecular weight excluding hydrogens is 360 g/mol. The summed E-state index contributed by atoms with van der Waals surface area (Å²) in [6.45, 7) is 4.69. The number of unbranched alkanes of at least 4 members (excludes halogenated alkanes) is 3. The third-order valence-electron chi connectivity index (χ3n) is 4.63. The molecule has 156 valence electrons. The molecule has 0 atom stereocenters. The van der Waals surface area contributed by atoms with Crippen LogP contribution in [0.5, 0.6) is 0 Å². The number of esters is 1. The molecule has 28 heavy (non-hydrogen) atoms. The molecule has 1 N–H and O–H groups in total. The van der Waals surface area contributed by atoms with Crippen LogP contribution in [0.3, 0.4) is 0 Å². The molecule has 0 saturated carbocycles. The van der Waals surface area contributed by atoms with Gasteiger partial charge in [0, 0.05) is 46.3 Å². The lowest BCUT2D eigenvalue weighted by Crippen LogP contribution is -2.55. The molecule has 0 unspecified atom stereocenters. The Morgan fingerprint density at radius 1 is 1.29 bits per heavy atom. The second kappa shape index (κ2) is 11.3. The van der Waals surface area contributed by atoms with E-state index >= 15 is 0 Å². The van der Waals surface area contributed by atoms with E-state index < -0.39 is 0 Å². The van der Waals surface area contributed by atoms with Crippen molar-refractivity contribution in [3.63, 3.8) is 0 Å². The molecule has 2 heterocycles. The molecule has 0 aromatic carbocycles. The van der Waals surface area contributed by atoms with Crippen LogP contribution in [-0.4, -0.2) is 72.4 Å². The van der Waals surface area contributed by atoms with Gasteiger partial charge in [-0.15, -0.1) is 0 Å². The fourth-order valence-electron chi connectivity index (χ4n) is 3.19. The number of hydrogen-bond acceptors (Lipinski definition) is 5. The van der Waals surface area contributed by atoms with Crippen LogP contribution in [0.1, 0.15) is 39.0 Å². The molecule has 1 amide bonds. The van der Waals surface area contributed by atoms with Crippen molar-refractivity contribution in [1.82, 2.24) is 20.0 Å². The minimum absolute atomic E-state index is 0.0427. The van der Waals surface area contributed by atoms with Crippen molar-refractivity contribution in [3.8, 4) is 0 Å². The normalized spacial score (nSPS) is 15.1. The Labute approximate surface area is 166 Å². The lowest BCUT2D eigenvalue weighted by atomic mass is 10.1.